The van der Waals surface area contributed by atoms with Crippen LogP contribution in [0.15, 0.2) is 18.0 Å². The molecule has 64 valence electrons. The van der Waals surface area contributed by atoms with Gasteiger partial charge < -0.3 is 4.74 Å². The highest BCUT2D eigenvalue weighted by atomic mass is 16.5. The highest BCUT2D eigenvalue weighted by Gasteiger charge is 2.14. The van der Waals surface area contributed by atoms with Crippen molar-refractivity contribution < 1.29 is 4.74 Å². The first-order chi connectivity index (χ1) is 5.90. The average Bonchev–Trinajstić information content (AvgIpc) is 2.51. The van der Waals surface area contributed by atoms with Crippen LogP contribution in [-0.4, -0.2) is 17.3 Å². The van der Waals surface area contributed by atoms with Crippen LogP contribution in [0.5, 0.6) is 0 Å². The zero-order valence-corrected chi connectivity index (χ0v) is 7.13. The zero-order valence-electron chi connectivity index (χ0n) is 7.13. The normalized spacial score (nSPS) is 19.2. The van der Waals surface area contributed by atoms with Gasteiger partial charge in [-0.1, -0.05) is 0 Å². The van der Waals surface area contributed by atoms with E-state index < -0.39 is 0 Å². The second kappa shape index (κ2) is 3.01. The molecule has 0 spiro atoms. The average molecular weight is 164 g/mol. The van der Waals surface area contributed by atoms with Crippen LogP contribution in [0, 0.1) is 0 Å². The van der Waals surface area contributed by atoms with Crippen LogP contribution in [0.4, 0.5) is 0 Å². The van der Waals surface area contributed by atoms with Crippen molar-refractivity contribution in [2.24, 2.45) is 0 Å². The Bertz CT molecular complexity index is 301. The largest absolute Gasteiger partial charge is 0.504 e. The van der Waals surface area contributed by atoms with Gasteiger partial charge in [0.15, 0.2) is 0 Å². The number of fused-ring (bicyclic) bond motifs is 1. The van der Waals surface area contributed by atoms with E-state index in [2.05, 4.69) is 10.2 Å². The number of ether oxygens (including phenoxy) is 1. The van der Waals surface area contributed by atoms with E-state index in [1.165, 1.54) is 16.8 Å². The molecule has 3 heteroatoms. The van der Waals surface area contributed by atoms with Crippen molar-refractivity contribution in [1.29, 1.82) is 0 Å². The SMILES string of the molecule is COC=C1CCc2[nH]ncc2C1. The van der Waals surface area contributed by atoms with Gasteiger partial charge in [0.05, 0.1) is 19.6 Å². The number of hydrogen-bond donors (Lipinski definition) is 1. The Morgan fingerprint density at radius 2 is 2.50 bits per heavy atom. The fourth-order valence-electron chi connectivity index (χ4n) is 1.59. The van der Waals surface area contributed by atoms with Gasteiger partial charge in [-0.05, 0) is 24.0 Å². The van der Waals surface area contributed by atoms with Gasteiger partial charge in [-0.15, -0.1) is 0 Å². The van der Waals surface area contributed by atoms with Crippen molar-refractivity contribution in [3.63, 3.8) is 0 Å². The Labute approximate surface area is 71.4 Å². The van der Waals surface area contributed by atoms with Gasteiger partial charge in [-0.2, -0.15) is 5.10 Å². The highest BCUT2D eigenvalue weighted by molar-refractivity contribution is 5.27. The van der Waals surface area contributed by atoms with Gasteiger partial charge in [-0.25, -0.2) is 0 Å². The zero-order chi connectivity index (χ0) is 8.39. The number of aromatic nitrogens is 2. The third kappa shape index (κ3) is 1.22. The molecule has 0 fully saturated rings. The molecule has 3 nitrogen and oxygen atoms in total. The summed E-state index contributed by atoms with van der Waals surface area (Å²) in [5, 5.41) is 7.01. The van der Waals surface area contributed by atoms with E-state index in [0.717, 1.165) is 19.3 Å². The maximum atomic E-state index is 4.98. The first-order valence-electron chi connectivity index (χ1n) is 4.12. The molecule has 0 aromatic carbocycles. The number of aromatic amines is 1. The summed E-state index contributed by atoms with van der Waals surface area (Å²) in [5.41, 5.74) is 3.94. The Morgan fingerprint density at radius 1 is 1.58 bits per heavy atom. The van der Waals surface area contributed by atoms with Crippen molar-refractivity contribution in [2.45, 2.75) is 19.3 Å². The lowest BCUT2D eigenvalue weighted by Gasteiger charge is -2.12. The number of nitrogens with zero attached hydrogens (tertiary/aromatic N) is 1. The molecule has 0 amide bonds. The van der Waals surface area contributed by atoms with Crippen LogP contribution in [0.1, 0.15) is 17.7 Å². The van der Waals surface area contributed by atoms with Gasteiger partial charge in [0.2, 0.25) is 0 Å². The number of nitrogens with one attached hydrogen (secondary N) is 1. The van der Waals surface area contributed by atoms with E-state index in [9.17, 15) is 0 Å². The van der Waals surface area contributed by atoms with Crippen molar-refractivity contribution in [1.82, 2.24) is 10.2 Å². The summed E-state index contributed by atoms with van der Waals surface area (Å²) in [4.78, 5) is 0. The number of methoxy groups -OCH3 is 1. The van der Waals surface area contributed by atoms with Crippen LogP contribution in [-0.2, 0) is 17.6 Å². The molecule has 0 saturated carbocycles. The molecule has 2 rings (SSSR count). The van der Waals surface area contributed by atoms with Gasteiger partial charge in [0.1, 0.15) is 0 Å². The fourth-order valence-corrected chi connectivity index (χ4v) is 1.59. The molecule has 1 aromatic heterocycles. The molecule has 1 heterocycles. The number of H-pyrrole nitrogens is 1. The highest BCUT2D eigenvalue weighted by Crippen LogP contribution is 2.22. The lowest BCUT2D eigenvalue weighted by Crippen LogP contribution is -2.04. The third-order valence-electron chi connectivity index (χ3n) is 2.21. The molecule has 0 aliphatic heterocycles. The number of rotatable bonds is 1. The van der Waals surface area contributed by atoms with Crippen LogP contribution >= 0.6 is 0 Å². The molecule has 0 radical (unpaired) electrons. The molecule has 1 aromatic rings. The predicted molar refractivity (Wildman–Crippen MR) is 45.7 cm³/mol. The second-order valence-electron chi connectivity index (χ2n) is 3.06. The Kier molecular flexibility index (Phi) is 1.86. The fraction of sp³-hybridized carbons (Fsp3) is 0.444. The summed E-state index contributed by atoms with van der Waals surface area (Å²) < 4.78 is 4.98. The molecule has 0 saturated heterocycles. The lowest BCUT2D eigenvalue weighted by molar-refractivity contribution is 0.331. The van der Waals surface area contributed by atoms with Gasteiger partial charge in [0, 0.05) is 12.1 Å². The van der Waals surface area contributed by atoms with Crippen LogP contribution in [0.25, 0.3) is 0 Å². The molecule has 1 N–H and O–H groups in total. The molecule has 0 atom stereocenters. The van der Waals surface area contributed by atoms with Crippen molar-refractivity contribution in [3.05, 3.63) is 29.3 Å². The topological polar surface area (TPSA) is 37.9 Å². The molecule has 1 aliphatic carbocycles. The van der Waals surface area contributed by atoms with Crippen LogP contribution in [0.2, 0.25) is 0 Å². The summed E-state index contributed by atoms with van der Waals surface area (Å²) in [6, 6.07) is 0. The summed E-state index contributed by atoms with van der Waals surface area (Å²) in [7, 11) is 1.69. The Morgan fingerprint density at radius 3 is 3.33 bits per heavy atom. The maximum absolute atomic E-state index is 4.98. The number of hydrogen-bond acceptors (Lipinski definition) is 2. The van der Waals surface area contributed by atoms with Crippen LogP contribution < -0.4 is 0 Å². The van der Waals surface area contributed by atoms with E-state index in [1.54, 1.807) is 7.11 Å². The Balaban J connectivity index is 2.20. The third-order valence-corrected chi connectivity index (χ3v) is 2.21. The number of allylic oxidation sites excluding steroid dienone is 1. The van der Waals surface area contributed by atoms with Crippen LogP contribution in [0.3, 0.4) is 0 Å². The van der Waals surface area contributed by atoms with Gasteiger partial charge in [0.25, 0.3) is 0 Å². The first-order valence-corrected chi connectivity index (χ1v) is 4.12. The molecule has 1 aliphatic rings. The molecule has 0 bridgehead atoms. The van der Waals surface area contributed by atoms with E-state index in [-0.39, 0.29) is 0 Å². The Hall–Kier alpha value is -1.25. The molecular weight excluding hydrogens is 152 g/mol. The smallest absolute Gasteiger partial charge is 0.0820 e. The molecular formula is C9H12N2O. The minimum absolute atomic E-state index is 0.986. The van der Waals surface area contributed by atoms with Gasteiger partial charge in [-0.3, -0.25) is 5.10 Å². The van der Waals surface area contributed by atoms with Crippen molar-refractivity contribution >= 4 is 0 Å². The summed E-state index contributed by atoms with van der Waals surface area (Å²) >= 11 is 0. The minimum Gasteiger partial charge on any atom is -0.504 e. The second-order valence-corrected chi connectivity index (χ2v) is 3.06. The maximum Gasteiger partial charge on any atom is 0.0820 e. The first kappa shape index (κ1) is 7.40. The summed E-state index contributed by atoms with van der Waals surface area (Å²) in [5.74, 6) is 0. The van der Waals surface area contributed by atoms with E-state index in [0.29, 0.717) is 0 Å². The van der Waals surface area contributed by atoms with Gasteiger partial charge >= 0.3 is 0 Å². The molecule has 0 unspecified atom stereocenters. The quantitative estimate of drug-likeness (QED) is 0.637. The van der Waals surface area contributed by atoms with E-state index in [4.69, 9.17) is 4.74 Å². The number of aryl methyl sites for hydroxylation is 1. The lowest BCUT2D eigenvalue weighted by atomic mass is 9.94. The van der Waals surface area contributed by atoms with Crippen molar-refractivity contribution in [3.8, 4) is 0 Å². The summed E-state index contributed by atoms with van der Waals surface area (Å²) in [6.45, 7) is 0. The van der Waals surface area contributed by atoms with E-state index >= 15 is 0 Å². The molecule has 12 heavy (non-hydrogen) atoms. The summed E-state index contributed by atoms with van der Waals surface area (Å²) in [6.07, 6.45) is 6.88. The standard InChI is InChI=1S/C9H12N2O/c1-12-6-7-2-3-9-8(4-7)5-10-11-9/h5-6H,2-4H2,1H3,(H,10,11). The predicted octanol–water partition coefficient (Wildman–Crippen LogP) is 1.43. The monoisotopic (exact) mass is 164 g/mol. The van der Waals surface area contributed by atoms with Crippen molar-refractivity contribution in [2.75, 3.05) is 7.11 Å². The van der Waals surface area contributed by atoms with E-state index in [1.807, 2.05) is 12.5 Å². The minimum atomic E-state index is 0.986.